The Balaban J connectivity index is 1.41. The number of hydrogen-bond donors (Lipinski definition) is 1. The first-order chi connectivity index (χ1) is 15.1. The second kappa shape index (κ2) is 9.59. The molecule has 0 spiro atoms. The minimum Gasteiger partial charge on any atom is -0.480 e. The van der Waals surface area contributed by atoms with E-state index in [0.717, 1.165) is 54.3 Å². The predicted molar refractivity (Wildman–Crippen MR) is 130 cm³/mol. The van der Waals surface area contributed by atoms with Crippen LogP contribution >= 0.6 is 0 Å². The van der Waals surface area contributed by atoms with Gasteiger partial charge in [-0.3, -0.25) is 0 Å². The van der Waals surface area contributed by atoms with Crippen molar-refractivity contribution in [1.29, 1.82) is 0 Å². The molecule has 0 unspecified atom stereocenters. The zero-order valence-electron chi connectivity index (χ0n) is 21.6. The van der Waals surface area contributed by atoms with Crippen molar-refractivity contribution in [3.63, 3.8) is 0 Å². The van der Waals surface area contributed by atoms with Gasteiger partial charge in [-0.25, -0.2) is 4.79 Å². The molecule has 3 nitrogen and oxygen atoms in total. The molecular weight excluding hydrogens is 396 g/mol. The number of hydrogen-bond acceptors (Lipinski definition) is 2. The van der Waals surface area contributed by atoms with Crippen molar-refractivity contribution in [1.82, 2.24) is 0 Å². The molecular formula is C29H50O3. The van der Waals surface area contributed by atoms with Gasteiger partial charge in [-0.05, 0) is 110 Å². The van der Waals surface area contributed by atoms with E-state index in [4.69, 9.17) is 9.84 Å². The third-order valence-corrected chi connectivity index (χ3v) is 11.3. The molecule has 4 rings (SSSR count). The lowest BCUT2D eigenvalue weighted by atomic mass is 9.44. The van der Waals surface area contributed by atoms with Crippen molar-refractivity contribution in [2.45, 2.75) is 118 Å². The molecule has 0 heterocycles. The quantitative estimate of drug-likeness (QED) is 0.418. The molecule has 0 aromatic carbocycles. The van der Waals surface area contributed by atoms with Crippen molar-refractivity contribution in [3.05, 3.63) is 0 Å². The second-order valence-electron chi connectivity index (χ2n) is 13.3. The molecule has 3 heteroatoms. The highest BCUT2D eigenvalue weighted by molar-refractivity contribution is 5.68. The summed E-state index contributed by atoms with van der Waals surface area (Å²) < 4.78 is 5.75. The first kappa shape index (κ1) is 24.6. The Morgan fingerprint density at radius 3 is 2.38 bits per heavy atom. The Morgan fingerprint density at radius 2 is 1.66 bits per heavy atom. The standard InChI is InChI=1S/C29H50O3/c1-19(2)7-6-8-20(3)24-11-12-25-23-10-9-21-17-22(32-18-27(30)31)13-15-28(21,4)26(23)14-16-29(24,25)5/h19-26H,6-18H2,1-5H3,(H,30,31)/t20-,21-,22+,23+,24-,25+,26+,28+,29-/m1/s1. The number of ether oxygens (including phenoxy) is 1. The van der Waals surface area contributed by atoms with Gasteiger partial charge in [0.05, 0.1) is 6.10 Å². The zero-order chi connectivity index (χ0) is 23.1. The lowest BCUT2D eigenvalue weighted by molar-refractivity contribution is -0.153. The Morgan fingerprint density at radius 1 is 0.938 bits per heavy atom. The van der Waals surface area contributed by atoms with E-state index in [1.54, 1.807) is 0 Å². The molecule has 184 valence electrons. The van der Waals surface area contributed by atoms with Crippen LogP contribution in [0.2, 0.25) is 0 Å². The van der Waals surface area contributed by atoms with E-state index in [9.17, 15) is 4.79 Å². The van der Waals surface area contributed by atoms with Crippen LogP contribution < -0.4 is 0 Å². The van der Waals surface area contributed by atoms with Crippen molar-refractivity contribution in [2.75, 3.05) is 6.61 Å². The summed E-state index contributed by atoms with van der Waals surface area (Å²) in [7, 11) is 0. The van der Waals surface area contributed by atoms with Gasteiger partial charge in [-0.2, -0.15) is 0 Å². The Kier molecular flexibility index (Phi) is 7.36. The van der Waals surface area contributed by atoms with E-state index in [2.05, 4.69) is 34.6 Å². The van der Waals surface area contributed by atoms with Crippen LogP contribution in [0.5, 0.6) is 0 Å². The van der Waals surface area contributed by atoms with Gasteiger partial charge >= 0.3 is 5.97 Å². The van der Waals surface area contributed by atoms with Gasteiger partial charge < -0.3 is 9.84 Å². The van der Waals surface area contributed by atoms with E-state index in [-0.39, 0.29) is 12.7 Å². The summed E-state index contributed by atoms with van der Waals surface area (Å²) in [6, 6.07) is 0. The highest BCUT2D eigenvalue weighted by atomic mass is 16.5. The van der Waals surface area contributed by atoms with Crippen LogP contribution in [0.15, 0.2) is 0 Å². The number of carbonyl (C=O) groups is 1. The molecule has 9 atom stereocenters. The van der Waals surface area contributed by atoms with Gasteiger partial charge in [-0.15, -0.1) is 0 Å². The molecule has 0 radical (unpaired) electrons. The molecule has 0 saturated heterocycles. The third kappa shape index (κ3) is 4.53. The molecule has 0 aliphatic heterocycles. The Bertz CT molecular complexity index is 659. The maximum atomic E-state index is 10.9. The Labute approximate surface area is 197 Å². The maximum absolute atomic E-state index is 10.9. The average molecular weight is 447 g/mol. The minimum absolute atomic E-state index is 0.128. The minimum atomic E-state index is -0.831. The average Bonchev–Trinajstić information content (AvgIpc) is 3.09. The molecule has 0 bridgehead atoms. The van der Waals surface area contributed by atoms with Crippen LogP contribution in [0, 0.1) is 52.3 Å². The largest absolute Gasteiger partial charge is 0.480 e. The number of aliphatic carboxylic acids is 1. The SMILES string of the molecule is CC(C)CCC[C@@H](C)[C@H]1CC[C@H]2[C@@H]3CC[C@@H]4C[C@@H](OCC(=O)O)CC[C@]4(C)[C@H]3CC[C@]12C. The van der Waals surface area contributed by atoms with E-state index in [1.807, 2.05) is 0 Å². The summed E-state index contributed by atoms with van der Waals surface area (Å²) in [4.78, 5) is 10.9. The van der Waals surface area contributed by atoms with Crippen LogP contribution in [0.3, 0.4) is 0 Å². The van der Waals surface area contributed by atoms with Crippen molar-refractivity contribution in [2.24, 2.45) is 52.3 Å². The lowest BCUT2D eigenvalue weighted by Gasteiger charge is -2.61. The van der Waals surface area contributed by atoms with Gasteiger partial charge in [0.25, 0.3) is 0 Å². The van der Waals surface area contributed by atoms with E-state index >= 15 is 0 Å². The number of carboxylic acid groups (broad SMARTS) is 1. The van der Waals surface area contributed by atoms with Gasteiger partial charge in [0.1, 0.15) is 6.61 Å². The fourth-order valence-corrected chi connectivity index (χ4v) is 9.58. The number of carboxylic acids is 1. The molecule has 0 aromatic rings. The lowest BCUT2D eigenvalue weighted by Crippen LogP contribution is -2.54. The molecule has 4 fully saturated rings. The summed E-state index contributed by atoms with van der Waals surface area (Å²) in [6.07, 6.45) is 16.3. The van der Waals surface area contributed by atoms with Gasteiger partial charge in [-0.1, -0.05) is 53.9 Å². The van der Waals surface area contributed by atoms with E-state index in [0.29, 0.717) is 10.8 Å². The fourth-order valence-electron chi connectivity index (χ4n) is 9.58. The van der Waals surface area contributed by atoms with Crippen LogP contribution in [0.4, 0.5) is 0 Å². The number of rotatable bonds is 8. The summed E-state index contributed by atoms with van der Waals surface area (Å²) >= 11 is 0. The topological polar surface area (TPSA) is 46.5 Å². The van der Waals surface area contributed by atoms with Gasteiger partial charge in [0, 0.05) is 0 Å². The molecule has 32 heavy (non-hydrogen) atoms. The van der Waals surface area contributed by atoms with Gasteiger partial charge in [0.15, 0.2) is 0 Å². The maximum Gasteiger partial charge on any atom is 0.329 e. The third-order valence-electron chi connectivity index (χ3n) is 11.3. The van der Waals surface area contributed by atoms with Crippen molar-refractivity contribution < 1.29 is 14.6 Å². The monoisotopic (exact) mass is 446 g/mol. The normalized spacial score (nSPS) is 44.6. The highest BCUT2D eigenvalue weighted by Gasteiger charge is 2.60. The van der Waals surface area contributed by atoms with E-state index in [1.165, 1.54) is 64.2 Å². The fraction of sp³-hybridized carbons (Fsp3) is 0.966. The first-order valence-electron chi connectivity index (χ1n) is 14.0. The molecule has 4 saturated carbocycles. The number of fused-ring (bicyclic) bond motifs is 5. The van der Waals surface area contributed by atoms with Gasteiger partial charge in [0.2, 0.25) is 0 Å². The smallest absolute Gasteiger partial charge is 0.329 e. The summed E-state index contributed by atoms with van der Waals surface area (Å²) in [5.41, 5.74) is 1.03. The summed E-state index contributed by atoms with van der Waals surface area (Å²) in [5, 5.41) is 9.00. The van der Waals surface area contributed by atoms with Crippen LogP contribution in [-0.4, -0.2) is 23.8 Å². The van der Waals surface area contributed by atoms with E-state index < -0.39 is 5.97 Å². The molecule has 4 aliphatic rings. The molecule has 0 amide bonds. The van der Waals surface area contributed by atoms with Crippen LogP contribution in [0.1, 0.15) is 112 Å². The molecule has 1 N–H and O–H groups in total. The zero-order valence-corrected chi connectivity index (χ0v) is 21.6. The highest BCUT2D eigenvalue weighted by Crippen LogP contribution is 2.68. The van der Waals surface area contributed by atoms with Crippen LogP contribution in [-0.2, 0) is 9.53 Å². The summed E-state index contributed by atoms with van der Waals surface area (Å²) in [5.74, 6) is 5.31. The predicted octanol–water partition coefficient (Wildman–Crippen LogP) is 7.58. The van der Waals surface area contributed by atoms with Crippen LogP contribution in [0.25, 0.3) is 0 Å². The second-order valence-corrected chi connectivity index (χ2v) is 13.3. The van der Waals surface area contributed by atoms with Crippen molar-refractivity contribution in [3.8, 4) is 0 Å². The molecule has 0 aromatic heterocycles. The first-order valence-corrected chi connectivity index (χ1v) is 14.0. The Hall–Kier alpha value is -0.570. The van der Waals surface area contributed by atoms with Crippen molar-refractivity contribution >= 4 is 5.97 Å². The summed E-state index contributed by atoms with van der Waals surface area (Å²) in [6.45, 7) is 12.5. The molecule has 4 aliphatic carbocycles.